The minimum atomic E-state index is -0.494. The van der Waals surface area contributed by atoms with Gasteiger partial charge in [0.1, 0.15) is 28.2 Å². The normalized spacial score (nSPS) is 11.9. The first-order valence-corrected chi connectivity index (χ1v) is 13.1. The fourth-order valence-corrected chi connectivity index (χ4v) is 4.97. The topological polar surface area (TPSA) is 123 Å². The standard InChI is InChI=1S/C29H24Cl2FN5O3/c1-14-7-9-21(30)20(25(14)32)13-33-29(40)34-15(2)17-5-3-4-6-18(17)28-36-26(27(31)37-28)16-8-10-22-19(11-16)23(38)12-24(39)35-22/h3-12,15H,13H2,1-2H3,(H,36,37)(H2,33,34,40)(H2,35,38,39)/t15-/m0/s1. The van der Waals surface area contributed by atoms with E-state index in [1.165, 1.54) is 0 Å². The minimum Gasteiger partial charge on any atom is -0.507 e. The molecular formula is C29H24Cl2FN5O3. The molecule has 11 heteroatoms. The van der Waals surface area contributed by atoms with Crippen LogP contribution >= 0.6 is 23.2 Å². The molecular weight excluding hydrogens is 556 g/mol. The lowest BCUT2D eigenvalue weighted by Crippen LogP contribution is -2.37. The van der Waals surface area contributed by atoms with Crippen molar-refractivity contribution in [1.82, 2.24) is 25.6 Å². The fraction of sp³-hybridized carbons (Fsp3) is 0.138. The SMILES string of the molecule is Cc1ccc(Cl)c(CNC(=O)N[C@@H](C)c2ccccc2-c2nc(-c3ccc4[nH]c(=O)cc(O)c4c3)c(Cl)[nH]2)c1F. The molecule has 2 amide bonds. The van der Waals surface area contributed by atoms with Crippen LogP contribution in [0.1, 0.15) is 29.7 Å². The number of pyridine rings is 1. The van der Waals surface area contributed by atoms with Gasteiger partial charge in [0.05, 0.1) is 11.6 Å². The van der Waals surface area contributed by atoms with Gasteiger partial charge in [-0.1, -0.05) is 59.6 Å². The Morgan fingerprint density at radius 3 is 2.67 bits per heavy atom. The zero-order valence-corrected chi connectivity index (χ0v) is 22.9. The summed E-state index contributed by atoms with van der Waals surface area (Å²) in [6, 6.07) is 15.8. The van der Waals surface area contributed by atoms with E-state index in [1.54, 1.807) is 37.3 Å². The van der Waals surface area contributed by atoms with Gasteiger partial charge in [0.2, 0.25) is 0 Å². The van der Waals surface area contributed by atoms with E-state index in [0.717, 1.165) is 11.6 Å². The lowest BCUT2D eigenvalue weighted by atomic mass is 10.0. The molecule has 204 valence electrons. The highest BCUT2D eigenvalue weighted by atomic mass is 35.5. The Bertz CT molecular complexity index is 1820. The van der Waals surface area contributed by atoms with Crippen LogP contribution in [0.4, 0.5) is 9.18 Å². The Balaban J connectivity index is 1.38. The fourth-order valence-electron chi connectivity index (χ4n) is 4.52. The van der Waals surface area contributed by atoms with Crippen LogP contribution in [-0.4, -0.2) is 26.1 Å². The summed E-state index contributed by atoms with van der Waals surface area (Å²) in [4.78, 5) is 34.8. The van der Waals surface area contributed by atoms with Crippen molar-refractivity contribution in [1.29, 1.82) is 0 Å². The number of carbonyl (C=O) groups excluding carboxylic acids is 1. The van der Waals surface area contributed by atoms with Crippen LogP contribution in [0.3, 0.4) is 0 Å². The molecule has 40 heavy (non-hydrogen) atoms. The van der Waals surface area contributed by atoms with Crippen LogP contribution in [0.5, 0.6) is 5.75 Å². The number of amides is 2. The number of nitrogens with one attached hydrogen (secondary N) is 4. The van der Waals surface area contributed by atoms with Gasteiger partial charge < -0.3 is 25.7 Å². The summed E-state index contributed by atoms with van der Waals surface area (Å²) in [7, 11) is 0. The molecule has 5 aromatic rings. The van der Waals surface area contributed by atoms with E-state index in [0.29, 0.717) is 39.1 Å². The number of aromatic nitrogens is 3. The van der Waals surface area contributed by atoms with Crippen LogP contribution in [0.2, 0.25) is 10.2 Å². The number of imidazole rings is 1. The van der Waals surface area contributed by atoms with Crippen LogP contribution in [0.15, 0.2) is 65.5 Å². The predicted octanol–water partition coefficient (Wildman–Crippen LogP) is 6.61. The maximum Gasteiger partial charge on any atom is 0.315 e. The molecule has 8 nitrogen and oxygen atoms in total. The third-order valence-electron chi connectivity index (χ3n) is 6.59. The van der Waals surface area contributed by atoms with Crippen LogP contribution in [-0.2, 0) is 6.54 Å². The number of urea groups is 1. The zero-order chi connectivity index (χ0) is 28.6. The molecule has 5 N–H and O–H groups in total. The second-order valence-electron chi connectivity index (χ2n) is 9.32. The molecule has 0 aliphatic rings. The second kappa shape index (κ2) is 11.0. The van der Waals surface area contributed by atoms with Crippen molar-refractivity contribution in [2.24, 2.45) is 0 Å². The molecule has 0 saturated heterocycles. The van der Waals surface area contributed by atoms with Crippen molar-refractivity contribution in [3.05, 3.63) is 104 Å². The third kappa shape index (κ3) is 5.38. The van der Waals surface area contributed by atoms with Gasteiger partial charge in [0, 0.05) is 39.7 Å². The van der Waals surface area contributed by atoms with Gasteiger partial charge >= 0.3 is 6.03 Å². The maximum absolute atomic E-state index is 14.4. The van der Waals surface area contributed by atoms with Gasteiger partial charge in [-0.2, -0.15) is 0 Å². The van der Waals surface area contributed by atoms with Crippen LogP contribution in [0, 0.1) is 12.7 Å². The summed E-state index contributed by atoms with van der Waals surface area (Å²) in [5, 5.41) is 16.7. The van der Waals surface area contributed by atoms with Crippen LogP contribution < -0.4 is 16.2 Å². The van der Waals surface area contributed by atoms with Crippen molar-refractivity contribution >= 4 is 40.1 Å². The summed E-state index contributed by atoms with van der Waals surface area (Å²) in [5.74, 6) is -0.126. The van der Waals surface area contributed by atoms with Gasteiger partial charge in [-0.3, -0.25) is 4.79 Å². The molecule has 0 aliphatic carbocycles. The number of rotatable bonds is 6. The lowest BCUT2D eigenvalue weighted by molar-refractivity contribution is 0.237. The largest absolute Gasteiger partial charge is 0.507 e. The second-order valence-corrected chi connectivity index (χ2v) is 10.1. The Hall–Kier alpha value is -4.34. The van der Waals surface area contributed by atoms with Crippen molar-refractivity contribution < 1.29 is 14.3 Å². The number of carbonyl (C=O) groups is 1. The molecule has 5 rings (SSSR count). The highest BCUT2D eigenvalue weighted by Gasteiger charge is 2.19. The molecule has 0 bridgehead atoms. The van der Waals surface area contributed by atoms with E-state index >= 15 is 0 Å². The van der Waals surface area contributed by atoms with Crippen LogP contribution in [0.25, 0.3) is 33.5 Å². The van der Waals surface area contributed by atoms with Gasteiger partial charge in [0.25, 0.3) is 5.56 Å². The first kappa shape index (κ1) is 27.2. The highest BCUT2D eigenvalue weighted by molar-refractivity contribution is 6.32. The molecule has 2 aromatic heterocycles. The average molecular weight is 580 g/mol. The zero-order valence-electron chi connectivity index (χ0n) is 21.4. The number of aromatic amines is 2. The quantitative estimate of drug-likeness (QED) is 0.155. The van der Waals surface area contributed by atoms with E-state index in [-0.39, 0.29) is 28.0 Å². The number of halogens is 3. The molecule has 0 spiro atoms. The summed E-state index contributed by atoms with van der Waals surface area (Å²) in [6.07, 6.45) is 0. The van der Waals surface area contributed by atoms with Gasteiger partial charge in [-0.05, 0) is 43.2 Å². The Kier molecular flexibility index (Phi) is 7.51. The molecule has 0 unspecified atom stereocenters. The van der Waals surface area contributed by atoms with Crippen molar-refractivity contribution in [2.45, 2.75) is 26.4 Å². The first-order chi connectivity index (χ1) is 19.1. The van der Waals surface area contributed by atoms with Crippen molar-refractivity contribution in [3.8, 4) is 28.4 Å². The van der Waals surface area contributed by atoms with E-state index in [9.17, 15) is 19.1 Å². The number of aryl methyl sites for hydroxylation is 1. The minimum absolute atomic E-state index is 0.0705. The Morgan fingerprint density at radius 1 is 1.10 bits per heavy atom. The third-order valence-corrected chi connectivity index (χ3v) is 7.22. The monoisotopic (exact) mass is 579 g/mol. The molecule has 0 saturated carbocycles. The number of nitrogens with zero attached hydrogens (tertiary/aromatic N) is 1. The van der Waals surface area contributed by atoms with Crippen molar-refractivity contribution in [2.75, 3.05) is 0 Å². The van der Waals surface area contributed by atoms with E-state index in [2.05, 4.69) is 20.6 Å². The number of aromatic hydroxyl groups is 1. The molecule has 3 aromatic carbocycles. The van der Waals surface area contributed by atoms with Gasteiger partial charge in [0.15, 0.2) is 0 Å². The molecule has 1 atom stereocenters. The molecule has 0 fully saturated rings. The van der Waals surface area contributed by atoms with Gasteiger partial charge in [-0.25, -0.2) is 14.2 Å². The summed E-state index contributed by atoms with van der Waals surface area (Å²) >= 11 is 12.7. The Morgan fingerprint density at radius 2 is 1.88 bits per heavy atom. The summed E-state index contributed by atoms with van der Waals surface area (Å²) in [5.41, 5.74) is 3.30. The first-order valence-electron chi connectivity index (χ1n) is 12.3. The molecule has 2 heterocycles. The molecule has 0 radical (unpaired) electrons. The van der Waals surface area contributed by atoms with Gasteiger partial charge in [-0.15, -0.1) is 0 Å². The number of benzene rings is 3. The number of H-pyrrole nitrogens is 2. The highest BCUT2D eigenvalue weighted by Crippen LogP contribution is 2.34. The summed E-state index contributed by atoms with van der Waals surface area (Å²) in [6.45, 7) is 3.38. The van der Waals surface area contributed by atoms with E-state index < -0.39 is 23.4 Å². The lowest BCUT2D eigenvalue weighted by Gasteiger charge is -2.18. The summed E-state index contributed by atoms with van der Waals surface area (Å²) < 4.78 is 14.4. The number of fused-ring (bicyclic) bond motifs is 1. The van der Waals surface area contributed by atoms with Crippen molar-refractivity contribution in [3.63, 3.8) is 0 Å². The number of hydrogen-bond donors (Lipinski definition) is 5. The molecule has 0 aliphatic heterocycles. The van der Waals surface area contributed by atoms with E-state index in [4.69, 9.17) is 28.2 Å². The Labute approximate surface area is 238 Å². The smallest absolute Gasteiger partial charge is 0.315 e. The predicted molar refractivity (Wildman–Crippen MR) is 154 cm³/mol. The van der Waals surface area contributed by atoms with E-state index in [1.807, 2.05) is 31.2 Å². The average Bonchev–Trinajstić information content (AvgIpc) is 3.32. The maximum atomic E-state index is 14.4. The number of hydrogen-bond acceptors (Lipinski definition) is 4.